The minimum Gasteiger partial charge on any atom is -0.493 e. The molecule has 184 valence electrons. The number of nitro groups is 1. The quantitative estimate of drug-likeness (QED) is 0.173. The van der Waals surface area contributed by atoms with E-state index in [0.29, 0.717) is 32.8 Å². The number of nitro benzene ring substituents is 1. The van der Waals surface area contributed by atoms with Crippen LogP contribution in [0.2, 0.25) is 0 Å². The fraction of sp³-hybridized carbons (Fsp3) is 0.125. The second-order valence-corrected chi connectivity index (χ2v) is 9.58. The van der Waals surface area contributed by atoms with Crippen LogP contribution < -0.4 is 20.1 Å². The molecule has 3 aromatic carbocycles. The Labute approximate surface area is 213 Å². The summed E-state index contributed by atoms with van der Waals surface area (Å²) in [4.78, 5) is 39.9. The average molecular weight is 525 g/mol. The Balaban J connectivity index is 1.39. The molecule has 12 heteroatoms. The highest BCUT2D eigenvalue weighted by Crippen LogP contribution is 2.32. The van der Waals surface area contributed by atoms with Crippen LogP contribution in [-0.4, -0.2) is 41.7 Å². The van der Waals surface area contributed by atoms with Gasteiger partial charge in [0.25, 0.3) is 11.6 Å². The monoisotopic (exact) mass is 524 g/mol. The highest BCUT2D eigenvalue weighted by atomic mass is 32.2. The lowest BCUT2D eigenvalue weighted by molar-refractivity contribution is -0.384. The lowest BCUT2D eigenvalue weighted by Gasteiger charge is -2.10. The first kappa shape index (κ1) is 24.9. The Kier molecular flexibility index (Phi) is 7.66. The van der Waals surface area contributed by atoms with Crippen molar-refractivity contribution >= 4 is 62.2 Å². The summed E-state index contributed by atoms with van der Waals surface area (Å²) in [5.41, 5.74) is 2.02. The number of thioether (sulfide) groups is 1. The summed E-state index contributed by atoms with van der Waals surface area (Å²) in [6.07, 6.45) is 0. The van der Waals surface area contributed by atoms with Gasteiger partial charge < -0.3 is 20.1 Å². The average Bonchev–Trinajstić information content (AvgIpc) is 3.29. The molecule has 10 nitrogen and oxygen atoms in total. The number of aromatic nitrogens is 1. The molecule has 0 radical (unpaired) electrons. The van der Waals surface area contributed by atoms with Crippen molar-refractivity contribution < 1.29 is 24.0 Å². The van der Waals surface area contributed by atoms with E-state index in [1.165, 1.54) is 55.5 Å². The van der Waals surface area contributed by atoms with Gasteiger partial charge in [-0.05, 0) is 42.5 Å². The Morgan fingerprint density at radius 1 is 1.00 bits per heavy atom. The number of thiazole rings is 1. The minimum atomic E-state index is -0.518. The number of fused-ring (bicyclic) bond motifs is 1. The van der Waals surface area contributed by atoms with E-state index in [-0.39, 0.29) is 23.3 Å². The van der Waals surface area contributed by atoms with E-state index in [9.17, 15) is 19.7 Å². The van der Waals surface area contributed by atoms with Crippen LogP contribution in [0.1, 0.15) is 10.4 Å². The molecule has 1 heterocycles. The van der Waals surface area contributed by atoms with E-state index in [0.717, 1.165) is 10.2 Å². The zero-order chi connectivity index (χ0) is 25.7. The topological polar surface area (TPSA) is 133 Å². The number of amides is 2. The van der Waals surface area contributed by atoms with E-state index >= 15 is 0 Å². The van der Waals surface area contributed by atoms with Crippen LogP contribution in [-0.2, 0) is 4.79 Å². The lowest BCUT2D eigenvalue weighted by Crippen LogP contribution is -2.13. The Morgan fingerprint density at radius 3 is 2.53 bits per heavy atom. The maximum atomic E-state index is 12.7. The molecule has 1 aromatic heterocycles. The number of anilines is 2. The third kappa shape index (κ3) is 5.90. The zero-order valence-corrected chi connectivity index (χ0v) is 20.8. The Morgan fingerprint density at radius 2 is 1.78 bits per heavy atom. The molecule has 0 aliphatic heterocycles. The van der Waals surface area contributed by atoms with Gasteiger partial charge in [-0.25, -0.2) is 4.98 Å². The molecule has 0 aliphatic rings. The van der Waals surface area contributed by atoms with Crippen LogP contribution in [0.25, 0.3) is 10.2 Å². The van der Waals surface area contributed by atoms with Crippen molar-refractivity contribution in [2.75, 3.05) is 30.6 Å². The van der Waals surface area contributed by atoms with Crippen LogP contribution in [0.15, 0.2) is 65.0 Å². The number of nitrogens with one attached hydrogen (secondary N) is 2. The van der Waals surface area contributed by atoms with Crippen molar-refractivity contribution in [1.29, 1.82) is 0 Å². The van der Waals surface area contributed by atoms with Crippen LogP contribution in [0.5, 0.6) is 11.5 Å². The molecule has 36 heavy (non-hydrogen) atoms. The summed E-state index contributed by atoms with van der Waals surface area (Å²) in [5, 5.41) is 16.4. The first-order chi connectivity index (χ1) is 17.4. The second-order valence-electron chi connectivity index (χ2n) is 7.33. The largest absolute Gasteiger partial charge is 0.493 e. The van der Waals surface area contributed by atoms with Gasteiger partial charge in [-0.15, -0.1) is 11.3 Å². The molecule has 4 rings (SSSR count). The number of non-ortho nitro benzene ring substituents is 1. The van der Waals surface area contributed by atoms with E-state index in [2.05, 4.69) is 15.6 Å². The van der Waals surface area contributed by atoms with Crippen molar-refractivity contribution in [3.8, 4) is 11.5 Å². The fourth-order valence-corrected chi connectivity index (χ4v) is 5.15. The molecule has 0 atom stereocenters. The summed E-state index contributed by atoms with van der Waals surface area (Å²) in [6.45, 7) is 0. The molecule has 4 aromatic rings. The maximum absolute atomic E-state index is 12.7. The summed E-state index contributed by atoms with van der Waals surface area (Å²) in [5.74, 6) is 0.476. The molecule has 0 spiro atoms. The van der Waals surface area contributed by atoms with Crippen LogP contribution in [0.4, 0.5) is 17.1 Å². The van der Waals surface area contributed by atoms with Gasteiger partial charge in [0.15, 0.2) is 15.8 Å². The van der Waals surface area contributed by atoms with E-state index < -0.39 is 4.92 Å². The summed E-state index contributed by atoms with van der Waals surface area (Å²) in [6, 6.07) is 16.0. The SMILES string of the molecule is COc1ccc(C(=O)Nc2ccc3nc(SCC(=O)Nc4cccc([N+](=O)[O-])c4)sc3c2)cc1OC. The number of hydrogen-bond acceptors (Lipinski definition) is 9. The van der Waals surface area contributed by atoms with Gasteiger partial charge in [0, 0.05) is 29.1 Å². The van der Waals surface area contributed by atoms with E-state index in [1.807, 2.05) is 6.07 Å². The molecule has 2 amide bonds. The van der Waals surface area contributed by atoms with Gasteiger partial charge in [0.2, 0.25) is 5.91 Å². The number of carbonyl (C=O) groups excluding carboxylic acids is 2. The normalized spacial score (nSPS) is 10.6. The maximum Gasteiger partial charge on any atom is 0.271 e. The predicted octanol–water partition coefficient (Wildman–Crippen LogP) is 5.20. The zero-order valence-electron chi connectivity index (χ0n) is 19.1. The molecular formula is C24H20N4O6S2. The molecule has 0 unspecified atom stereocenters. The molecule has 2 N–H and O–H groups in total. The summed E-state index contributed by atoms with van der Waals surface area (Å²) >= 11 is 2.65. The Bertz CT molecular complexity index is 1460. The molecule has 0 saturated carbocycles. The van der Waals surface area contributed by atoms with Crippen LogP contribution >= 0.6 is 23.1 Å². The van der Waals surface area contributed by atoms with Gasteiger partial charge in [0.1, 0.15) is 0 Å². The van der Waals surface area contributed by atoms with E-state index in [1.54, 1.807) is 36.4 Å². The van der Waals surface area contributed by atoms with Crippen molar-refractivity contribution in [2.45, 2.75) is 4.34 Å². The number of rotatable bonds is 9. The summed E-state index contributed by atoms with van der Waals surface area (Å²) in [7, 11) is 3.03. The van der Waals surface area contributed by atoms with Crippen LogP contribution in [0.3, 0.4) is 0 Å². The van der Waals surface area contributed by atoms with Crippen molar-refractivity contribution in [3.63, 3.8) is 0 Å². The number of hydrogen-bond donors (Lipinski definition) is 2. The number of carbonyl (C=O) groups is 2. The lowest BCUT2D eigenvalue weighted by atomic mass is 10.2. The number of nitrogens with zero attached hydrogens (tertiary/aromatic N) is 2. The molecular weight excluding hydrogens is 504 g/mol. The highest BCUT2D eigenvalue weighted by Gasteiger charge is 2.14. The molecule has 0 aliphatic carbocycles. The number of methoxy groups -OCH3 is 2. The first-order valence-electron chi connectivity index (χ1n) is 10.5. The van der Waals surface area contributed by atoms with Crippen molar-refractivity contribution in [2.24, 2.45) is 0 Å². The first-order valence-corrected chi connectivity index (χ1v) is 12.3. The van der Waals surface area contributed by atoms with Gasteiger partial charge in [-0.2, -0.15) is 0 Å². The van der Waals surface area contributed by atoms with Crippen molar-refractivity contribution in [1.82, 2.24) is 4.98 Å². The number of benzene rings is 3. The highest BCUT2D eigenvalue weighted by molar-refractivity contribution is 8.01. The fourth-order valence-electron chi connectivity index (χ4n) is 3.25. The molecule has 0 bridgehead atoms. The van der Waals surface area contributed by atoms with Gasteiger partial charge >= 0.3 is 0 Å². The standard InChI is InChI=1S/C24H20N4O6S2/c1-33-19-9-6-14(10-20(19)34-2)23(30)26-16-7-8-18-21(12-16)36-24(27-18)35-13-22(29)25-15-4-3-5-17(11-15)28(31)32/h3-12H,13H2,1-2H3,(H,25,29)(H,26,30). The molecule has 0 saturated heterocycles. The van der Waals surface area contributed by atoms with Gasteiger partial charge in [-0.1, -0.05) is 17.8 Å². The minimum absolute atomic E-state index is 0.0887. The summed E-state index contributed by atoms with van der Waals surface area (Å²) < 4.78 is 12.0. The van der Waals surface area contributed by atoms with Crippen LogP contribution in [0, 0.1) is 10.1 Å². The van der Waals surface area contributed by atoms with E-state index in [4.69, 9.17) is 9.47 Å². The second kappa shape index (κ2) is 11.1. The van der Waals surface area contributed by atoms with Gasteiger partial charge in [-0.3, -0.25) is 19.7 Å². The number of ether oxygens (including phenoxy) is 2. The smallest absolute Gasteiger partial charge is 0.271 e. The Hall–Kier alpha value is -4.16. The van der Waals surface area contributed by atoms with Gasteiger partial charge in [0.05, 0.1) is 35.1 Å². The third-order valence-corrected chi connectivity index (χ3v) is 7.10. The molecule has 0 fully saturated rings. The third-order valence-electron chi connectivity index (χ3n) is 4.94. The van der Waals surface area contributed by atoms with Crippen molar-refractivity contribution in [3.05, 3.63) is 76.3 Å². The predicted molar refractivity (Wildman–Crippen MR) is 140 cm³/mol.